The SMILES string of the molecule is COCCn1ccc2ccc(-n3cc4ccc(OC)cc4c3O)cc21. The predicted octanol–water partition coefficient (Wildman–Crippen LogP) is 3.95. The zero-order valence-electron chi connectivity index (χ0n) is 14.3. The van der Waals surface area contributed by atoms with Gasteiger partial charge in [0.15, 0.2) is 0 Å². The Morgan fingerprint density at radius 1 is 1.00 bits per heavy atom. The van der Waals surface area contributed by atoms with Crippen molar-refractivity contribution in [3.8, 4) is 17.3 Å². The van der Waals surface area contributed by atoms with Crippen LogP contribution < -0.4 is 4.74 Å². The summed E-state index contributed by atoms with van der Waals surface area (Å²) in [6, 6.07) is 13.9. The Balaban J connectivity index is 1.83. The van der Waals surface area contributed by atoms with Crippen molar-refractivity contribution in [1.82, 2.24) is 9.13 Å². The van der Waals surface area contributed by atoms with E-state index in [2.05, 4.69) is 29.0 Å². The standard InChI is InChI=1S/C20H20N2O3/c1-24-10-9-21-8-7-14-3-5-16(11-19(14)21)22-13-15-4-6-17(25-2)12-18(15)20(22)23/h3-8,11-13,23H,9-10H2,1-2H3. The fourth-order valence-electron chi connectivity index (χ4n) is 3.20. The number of rotatable bonds is 5. The molecule has 25 heavy (non-hydrogen) atoms. The van der Waals surface area contributed by atoms with Crippen LogP contribution in [0.5, 0.6) is 11.6 Å². The minimum Gasteiger partial charge on any atom is -0.497 e. The Labute approximate surface area is 145 Å². The molecule has 0 aliphatic rings. The van der Waals surface area contributed by atoms with Gasteiger partial charge in [-0.2, -0.15) is 0 Å². The molecule has 0 saturated heterocycles. The highest BCUT2D eigenvalue weighted by Gasteiger charge is 2.12. The van der Waals surface area contributed by atoms with Crippen molar-refractivity contribution < 1.29 is 14.6 Å². The van der Waals surface area contributed by atoms with Crippen LogP contribution in [0.3, 0.4) is 0 Å². The van der Waals surface area contributed by atoms with Crippen LogP contribution >= 0.6 is 0 Å². The number of nitrogens with zero attached hydrogens (tertiary/aromatic N) is 2. The third-order valence-corrected chi connectivity index (χ3v) is 4.57. The monoisotopic (exact) mass is 336 g/mol. The van der Waals surface area contributed by atoms with E-state index in [1.165, 1.54) is 0 Å². The molecule has 0 unspecified atom stereocenters. The average Bonchev–Trinajstić information content (AvgIpc) is 3.20. The molecule has 0 atom stereocenters. The van der Waals surface area contributed by atoms with Gasteiger partial charge in [0.1, 0.15) is 5.75 Å². The Morgan fingerprint density at radius 2 is 1.84 bits per heavy atom. The molecule has 5 nitrogen and oxygen atoms in total. The first-order chi connectivity index (χ1) is 12.2. The summed E-state index contributed by atoms with van der Waals surface area (Å²) in [5.74, 6) is 0.938. The molecule has 2 aromatic heterocycles. The Hall–Kier alpha value is -2.92. The van der Waals surface area contributed by atoms with Crippen molar-refractivity contribution in [2.24, 2.45) is 0 Å². The first-order valence-corrected chi connectivity index (χ1v) is 8.17. The van der Waals surface area contributed by atoms with Gasteiger partial charge in [-0.3, -0.25) is 4.57 Å². The van der Waals surface area contributed by atoms with E-state index in [9.17, 15) is 5.11 Å². The second-order valence-electron chi connectivity index (χ2n) is 6.02. The second kappa shape index (κ2) is 6.18. The van der Waals surface area contributed by atoms with Crippen LogP contribution in [0.15, 0.2) is 54.9 Å². The minimum atomic E-state index is 0.211. The van der Waals surface area contributed by atoms with E-state index in [0.29, 0.717) is 6.61 Å². The van der Waals surface area contributed by atoms with E-state index in [4.69, 9.17) is 9.47 Å². The molecule has 0 bridgehead atoms. The van der Waals surface area contributed by atoms with Gasteiger partial charge in [-0.1, -0.05) is 6.07 Å². The van der Waals surface area contributed by atoms with Crippen LogP contribution in [-0.2, 0) is 11.3 Å². The molecule has 0 saturated carbocycles. The third-order valence-electron chi connectivity index (χ3n) is 4.57. The van der Waals surface area contributed by atoms with Crippen LogP contribution in [-0.4, -0.2) is 35.1 Å². The van der Waals surface area contributed by atoms with Crippen LogP contribution in [0.2, 0.25) is 0 Å². The maximum absolute atomic E-state index is 10.7. The number of hydrogen-bond acceptors (Lipinski definition) is 3. The van der Waals surface area contributed by atoms with Crippen molar-refractivity contribution in [2.75, 3.05) is 20.8 Å². The summed E-state index contributed by atoms with van der Waals surface area (Å²) in [4.78, 5) is 0. The number of hydrogen-bond donors (Lipinski definition) is 1. The largest absolute Gasteiger partial charge is 0.497 e. The van der Waals surface area contributed by atoms with Gasteiger partial charge in [-0.15, -0.1) is 0 Å². The lowest BCUT2D eigenvalue weighted by Gasteiger charge is -2.08. The number of aromatic hydroxyl groups is 1. The lowest BCUT2D eigenvalue weighted by Crippen LogP contribution is -2.02. The summed E-state index contributed by atoms with van der Waals surface area (Å²) in [6.07, 6.45) is 4.00. The lowest BCUT2D eigenvalue weighted by atomic mass is 10.2. The van der Waals surface area contributed by atoms with Crippen LogP contribution in [0.4, 0.5) is 0 Å². The third kappa shape index (κ3) is 2.62. The maximum Gasteiger partial charge on any atom is 0.203 e. The molecule has 2 heterocycles. The fourth-order valence-corrected chi connectivity index (χ4v) is 3.20. The van der Waals surface area contributed by atoms with Gasteiger partial charge < -0.3 is 19.1 Å². The van der Waals surface area contributed by atoms with Crippen LogP contribution in [0.25, 0.3) is 27.4 Å². The highest BCUT2D eigenvalue weighted by molar-refractivity contribution is 5.90. The highest BCUT2D eigenvalue weighted by Crippen LogP contribution is 2.33. The summed E-state index contributed by atoms with van der Waals surface area (Å²) in [5.41, 5.74) is 2.03. The molecule has 0 fully saturated rings. The molecule has 0 aliphatic heterocycles. The topological polar surface area (TPSA) is 48.5 Å². The van der Waals surface area contributed by atoms with Crippen molar-refractivity contribution in [1.29, 1.82) is 0 Å². The highest BCUT2D eigenvalue weighted by atomic mass is 16.5. The van der Waals surface area contributed by atoms with Crippen LogP contribution in [0, 0.1) is 0 Å². The minimum absolute atomic E-state index is 0.211. The normalized spacial score (nSPS) is 11.4. The molecular formula is C20H20N2O3. The molecule has 1 N–H and O–H groups in total. The van der Waals surface area contributed by atoms with E-state index >= 15 is 0 Å². The summed E-state index contributed by atoms with van der Waals surface area (Å²) in [5, 5.41) is 13.6. The molecule has 128 valence electrons. The van der Waals surface area contributed by atoms with Gasteiger partial charge in [-0.05, 0) is 41.8 Å². The van der Waals surface area contributed by atoms with Crippen molar-refractivity contribution >= 4 is 21.7 Å². The average molecular weight is 336 g/mol. The molecule has 0 aliphatic carbocycles. The lowest BCUT2D eigenvalue weighted by molar-refractivity contribution is 0.188. The smallest absolute Gasteiger partial charge is 0.203 e. The van der Waals surface area contributed by atoms with Gasteiger partial charge in [0, 0.05) is 36.8 Å². The zero-order valence-corrected chi connectivity index (χ0v) is 14.3. The number of ether oxygens (including phenoxy) is 2. The quantitative estimate of drug-likeness (QED) is 0.600. The van der Waals surface area contributed by atoms with E-state index in [1.807, 2.05) is 30.5 Å². The molecule has 2 aromatic carbocycles. The molecule has 4 rings (SSSR count). The van der Waals surface area contributed by atoms with Crippen molar-refractivity contribution in [3.63, 3.8) is 0 Å². The van der Waals surface area contributed by atoms with E-state index < -0.39 is 0 Å². The van der Waals surface area contributed by atoms with Gasteiger partial charge in [-0.25, -0.2) is 0 Å². The summed E-state index contributed by atoms with van der Waals surface area (Å²) in [6.45, 7) is 1.45. The number of fused-ring (bicyclic) bond motifs is 2. The van der Waals surface area contributed by atoms with E-state index in [0.717, 1.165) is 39.7 Å². The van der Waals surface area contributed by atoms with Crippen LogP contribution in [0.1, 0.15) is 0 Å². The second-order valence-corrected chi connectivity index (χ2v) is 6.02. The zero-order chi connectivity index (χ0) is 17.4. The van der Waals surface area contributed by atoms with Gasteiger partial charge in [0.05, 0.1) is 24.9 Å². The number of benzene rings is 2. The van der Waals surface area contributed by atoms with Crippen molar-refractivity contribution in [2.45, 2.75) is 6.54 Å². The summed E-state index contributed by atoms with van der Waals surface area (Å²) in [7, 11) is 3.33. The fraction of sp³-hybridized carbons (Fsp3) is 0.200. The number of aromatic nitrogens is 2. The molecule has 0 amide bonds. The summed E-state index contributed by atoms with van der Waals surface area (Å²) >= 11 is 0. The molecule has 0 radical (unpaired) electrons. The Kier molecular flexibility index (Phi) is 3.86. The maximum atomic E-state index is 10.7. The van der Waals surface area contributed by atoms with E-state index in [-0.39, 0.29) is 5.88 Å². The van der Waals surface area contributed by atoms with Gasteiger partial charge >= 0.3 is 0 Å². The molecular weight excluding hydrogens is 316 g/mol. The first kappa shape index (κ1) is 15.6. The predicted molar refractivity (Wildman–Crippen MR) is 98.9 cm³/mol. The summed E-state index contributed by atoms with van der Waals surface area (Å²) < 4.78 is 14.4. The van der Waals surface area contributed by atoms with E-state index in [1.54, 1.807) is 18.8 Å². The first-order valence-electron chi connectivity index (χ1n) is 8.17. The van der Waals surface area contributed by atoms with Gasteiger partial charge in [0.2, 0.25) is 5.88 Å². The molecule has 5 heteroatoms. The van der Waals surface area contributed by atoms with Crippen molar-refractivity contribution in [3.05, 3.63) is 54.9 Å². The molecule has 0 spiro atoms. The van der Waals surface area contributed by atoms with Gasteiger partial charge in [0.25, 0.3) is 0 Å². The number of methoxy groups -OCH3 is 2. The Bertz CT molecular complexity index is 1050. The molecule has 4 aromatic rings. The Morgan fingerprint density at radius 3 is 2.64 bits per heavy atom.